The molecule has 1 aromatic rings. The third-order valence-corrected chi connectivity index (χ3v) is 4.48. The molecule has 0 aliphatic carbocycles. The lowest BCUT2D eigenvalue weighted by atomic mass is 9.93. The molecule has 0 aromatic heterocycles. The third kappa shape index (κ3) is 4.93. The van der Waals surface area contributed by atoms with Gasteiger partial charge < -0.3 is 15.0 Å². The fraction of sp³-hybridized carbons (Fsp3) is 0.611. The Morgan fingerprint density at radius 1 is 1.39 bits per heavy atom. The molecule has 0 spiro atoms. The van der Waals surface area contributed by atoms with Crippen LogP contribution in [0, 0.1) is 11.7 Å². The summed E-state index contributed by atoms with van der Waals surface area (Å²) < 4.78 is 19.3. The van der Waals surface area contributed by atoms with Gasteiger partial charge in [0.1, 0.15) is 0 Å². The van der Waals surface area contributed by atoms with E-state index in [2.05, 4.69) is 5.32 Å². The van der Waals surface area contributed by atoms with Gasteiger partial charge >= 0.3 is 0 Å². The molecule has 1 aliphatic heterocycles. The van der Waals surface area contributed by atoms with E-state index < -0.39 is 11.9 Å². The van der Waals surface area contributed by atoms with Crippen LogP contribution < -0.4 is 10.1 Å². The molecule has 1 saturated heterocycles. The summed E-state index contributed by atoms with van der Waals surface area (Å²) >= 11 is 0. The quantitative estimate of drug-likeness (QED) is 0.839. The van der Waals surface area contributed by atoms with Gasteiger partial charge in [0.05, 0.1) is 0 Å². The van der Waals surface area contributed by atoms with Crippen LogP contribution in [0.5, 0.6) is 5.75 Å². The van der Waals surface area contributed by atoms with Crippen LogP contribution in [0.4, 0.5) is 4.39 Å². The number of benzene rings is 1. The molecule has 1 amide bonds. The van der Waals surface area contributed by atoms with Gasteiger partial charge in [-0.2, -0.15) is 0 Å². The van der Waals surface area contributed by atoms with Crippen molar-refractivity contribution in [2.45, 2.75) is 38.7 Å². The van der Waals surface area contributed by atoms with E-state index in [-0.39, 0.29) is 11.7 Å². The average Bonchev–Trinajstić information content (AvgIpc) is 2.59. The first-order valence-electron chi connectivity index (χ1n) is 8.50. The molecule has 0 bridgehead atoms. The normalized spacial score (nSPS) is 17.1. The second kappa shape index (κ2) is 8.87. The lowest BCUT2D eigenvalue weighted by Crippen LogP contribution is -2.45. The Morgan fingerprint density at radius 3 is 2.70 bits per heavy atom. The van der Waals surface area contributed by atoms with Gasteiger partial charge in [-0.3, -0.25) is 4.79 Å². The minimum atomic E-state index is -0.610. The summed E-state index contributed by atoms with van der Waals surface area (Å²) in [7, 11) is 1.96. The number of hydrogen-bond donors (Lipinski definition) is 1. The van der Waals surface area contributed by atoms with Gasteiger partial charge in [-0.25, -0.2) is 4.39 Å². The highest BCUT2D eigenvalue weighted by Crippen LogP contribution is 2.23. The summed E-state index contributed by atoms with van der Waals surface area (Å²) in [5.41, 5.74) is 0. The maximum absolute atomic E-state index is 13.7. The van der Waals surface area contributed by atoms with Crippen molar-refractivity contribution >= 4 is 5.91 Å². The predicted molar refractivity (Wildman–Crippen MR) is 89.0 cm³/mol. The van der Waals surface area contributed by atoms with Crippen molar-refractivity contribution in [3.63, 3.8) is 0 Å². The lowest BCUT2D eigenvalue weighted by molar-refractivity contribution is -0.140. The van der Waals surface area contributed by atoms with E-state index in [9.17, 15) is 9.18 Å². The second-order valence-electron chi connectivity index (χ2n) is 6.11. The number of carbonyl (C=O) groups is 1. The molecule has 1 N–H and O–H groups in total. The van der Waals surface area contributed by atoms with Crippen LogP contribution in [0.25, 0.3) is 0 Å². The SMILES string of the molecule is CCC(Oc1ccccc1F)C(=O)N1CCC(CCNC)CC1. The third-order valence-electron chi connectivity index (χ3n) is 4.48. The van der Waals surface area contributed by atoms with Gasteiger partial charge in [0.15, 0.2) is 17.7 Å². The number of ether oxygens (including phenoxy) is 1. The van der Waals surface area contributed by atoms with Crippen LogP contribution in [-0.2, 0) is 4.79 Å². The number of piperidine rings is 1. The molecule has 1 unspecified atom stereocenters. The first-order chi connectivity index (χ1) is 11.2. The van der Waals surface area contributed by atoms with Crippen molar-refractivity contribution in [2.75, 3.05) is 26.7 Å². The number of amides is 1. The molecule has 1 aliphatic rings. The summed E-state index contributed by atoms with van der Waals surface area (Å²) in [4.78, 5) is 14.5. The van der Waals surface area contributed by atoms with E-state index in [1.807, 2.05) is 18.9 Å². The van der Waals surface area contributed by atoms with Gasteiger partial charge in [-0.05, 0) is 57.3 Å². The molecule has 1 aromatic carbocycles. The van der Waals surface area contributed by atoms with Crippen molar-refractivity contribution < 1.29 is 13.9 Å². The van der Waals surface area contributed by atoms with Crippen LogP contribution in [-0.4, -0.2) is 43.6 Å². The molecule has 128 valence electrons. The van der Waals surface area contributed by atoms with Crippen molar-refractivity contribution in [3.8, 4) is 5.75 Å². The summed E-state index contributed by atoms with van der Waals surface area (Å²) in [5, 5.41) is 3.17. The maximum Gasteiger partial charge on any atom is 0.263 e. The van der Waals surface area contributed by atoms with Crippen molar-refractivity contribution in [1.29, 1.82) is 0 Å². The number of hydrogen-bond acceptors (Lipinski definition) is 3. The average molecular weight is 322 g/mol. The summed E-state index contributed by atoms with van der Waals surface area (Å²) in [6.07, 6.45) is 3.14. The molecule has 0 saturated carbocycles. The molecule has 1 heterocycles. The molecule has 0 radical (unpaired) electrons. The Hall–Kier alpha value is -1.62. The van der Waals surface area contributed by atoms with E-state index in [1.54, 1.807) is 18.2 Å². The second-order valence-corrected chi connectivity index (χ2v) is 6.11. The lowest BCUT2D eigenvalue weighted by Gasteiger charge is -2.34. The Labute approximate surface area is 138 Å². The number of likely N-dealkylation sites (tertiary alicyclic amines) is 1. The smallest absolute Gasteiger partial charge is 0.263 e. The Bertz CT molecular complexity index is 502. The van der Waals surface area contributed by atoms with Gasteiger partial charge in [-0.1, -0.05) is 19.1 Å². The van der Waals surface area contributed by atoms with Gasteiger partial charge in [-0.15, -0.1) is 0 Å². The minimum Gasteiger partial charge on any atom is -0.478 e. The van der Waals surface area contributed by atoms with Gasteiger partial charge in [0.25, 0.3) is 5.91 Å². The minimum absolute atomic E-state index is 0.0252. The van der Waals surface area contributed by atoms with Crippen LogP contribution in [0.15, 0.2) is 24.3 Å². The van der Waals surface area contributed by atoms with E-state index in [0.29, 0.717) is 12.3 Å². The zero-order chi connectivity index (χ0) is 16.7. The highest BCUT2D eigenvalue weighted by molar-refractivity contribution is 5.81. The molecule has 1 fully saturated rings. The Balaban J connectivity index is 1.89. The Morgan fingerprint density at radius 2 is 2.09 bits per heavy atom. The van der Waals surface area contributed by atoms with Crippen molar-refractivity contribution in [2.24, 2.45) is 5.92 Å². The zero-order valence-corrected chi connectivity index (χ0v) is 14.1. The van der Waals surface area contributed by atoms with E-state index >= 15 is 0 Å². The fourth-order valence-electron chi connectivity index (χ4n) is 3.00. The number of halogens is 1. The van der Waals surface area contributed by atoms with Crippen LogP contribution in [0.3, 0.4) is 0 Å². The first-order valence-corrected chi connectivity index (χ1v) is 8.50. The monoisotopic (exact) mass is 322 g/mol. The molecular weight excluding hydrogens is 295 g/mol. The van der Waals surface area contributed by atoms with Crippen molar-refractivity contribution in [1.82, 2.24) is 10.2 Å². The zero-order valence-electron chi connectivity index (χ0n) is 14.1. The highest BCUT2D eigenvalue weighted by atomic mass is 19.1. The standard InChI is InChI=1S/C18H27FN2O2/c1-3-16(23-17-7-5-4-6-15(17)19)18(22)21-12-9-14(10-13-21)8-11-20-2/h4-7,14,16,20H,3,8-13H2,1-2H3. The molecule has 2 rings (SSSR count). The molecule has 1 atom stereocenters. The van der Waals surface area contributed by atoms with Crippen LogP contribution in [0.2, 0.25) is 0 Å². The largest absolute Gasteiger partial charge is 0.478 e. The Kier molecular flexibility index (Phi) is 6.84. The summed E-state index contributed by atoms with van der Waals surface area (Å²) in [6, 6.07) is 6.23. The van der Waals surface area contributed by atoms with E-state index in [0.717, 1.165) is 38.9 Å². The molecule has 5 heteroatoms. The van der Waals surface area contributed by atoms with E-state index in [1.165, 1.54) is 6.07 Å². The van der Waals surface area contributed by atoms with Crippen LogP contribution >= 0.6 is 0 Å². The first kappa shape index (κ1) is 17.7. The molecular formula is C18H27FN2O2. The highest BCUT2D eigenvalue weighted by Gasteiger charge is 2.28. The number of nitrogens with zero attached hydrogens (tertiary/aromatic N) is 1. The molecule has 4 nitrogen and oxygen atoms in total. The summed E-state index contributed by atoms with van der Waals surface area (Å²) in [5.74, 6) is 0.378. The number of carbonyl (C=O) groups excluding carboxylic acids is 1. The number of nitrogens with one attached hydrogen (secondary N) is 1. The predicted octanol–water partition coefficient (Wildman–Crippen LogP) is 2.83. The van der Waals surface area contributed by atoms with Gasteiger partial charge in [0, 0.05) is 13.1 Å². The van der Waals surface area contributed by atoms with E-state index in [4.69, 9.17) is 4.74 Å². The number of rotatable bonds is 7. The number of para-hydroxylation sites is 1. The molecule has 23 heavy (non-hydrogen) atoms. The fourth-order valence-corrected chi connectivity index (χ4v) is 3.00. The van der Waals surface area contributed by atoms with Crippen molar-refractivity contribution in [3.05, 3.63) is 30.1 Å². The topological polar surface area (TPSA) is 41.6 Å². The van der Waals surface area contributed by atoms with Crippen LogP contribution in [0.1, 0.15) is 32.6 Å². The maximum atomic E-state index is 13.7. The summed E-state index contributed by atoms with van der Waals surface area (Å²) in [6.45, 7) is 4.45. The van der Waals surface area contributed by atoms with Gasteiger partial charge in [0.2, 0.25) is 0 Å².